The minimum absolute atomic E-state index is 0.0993. The van der Waals surface area contributed by atoms with Gasteiger partial charge in [-0.15, -0.1) is 0 Å². The molecule has 0 saturated carbocycles. The molecular formula is C13H19O7PS2. The molecule has 0 atom stereocenters. The minimum atomic E-state index is -3.40. The number of carbonyl (C=O) groups is 1. The quantitative estimate of drug-likeness (QED) is 0.268. The normalized spacial score (nSPS) is 11.4. The number of hydrogen-bond acceptors (Lipinski definition) is 9. The average Bonchev–Trinajstić information content (AvgIpc) is 2.57. The maximum Gasteiger partial charge on any atom is 0.474 e. The van der Waals surface area contributed by atoms with Crippen LogP contribution in [0.5, 0.6) is 5.75 Å². The molecule has 0 fully saturated rings. The Morgan fingerprint density at radius 2 is 1.65 bits per heavy atom. The highest BCUT2D eigenvalue weighted by atomic mass is 33.1. The summed E-state index contributed by atoms with van der Waals surface area (Å²) < 4.78 is 30.9. The van der Waals surface area contributed by atoms with Crippen molar-refractivity contribution >= 4 is 35.4 Å². The highest BCUT2D eigenvalue weighted by Crippen LogP contribution is 2.47. The maximum atomic E-state index is 11.7. The van der Waals surface area contributed by atoms with Gasteiger partial charge in [0.05, 0.1) is 12.2 Å². The van der Waals surface area contributed by atoms with Gasteiger partial charge in [-0.05, 0) is 24.3 Å². The lowest BCUT2D eigenvalue weighted by Gasteiger charge is -2.12. The van der Waals surface area contributed by atoms with Crippen LogP contribution in [-0.4, -0.2) is 50.0 Å². The summed E-state index contributed by atoms with van der Waals surface area (Å²) >= 11 is 0. The van der Waals surface area contributed by atoms with Crippen LogP contribution in [0.15, 0.2) is 24.3 Å². The van der Waals surface area contributed by atoms with Gasteiger partial charge in [-0.25, -0.2) is 9.36 Å². The van der Waals surface area contributed by atoms with Crippen molar-refractivity contribution in [2.24, 2.45) is 0 Å². The summed E-state index contributed by atoms with van der Waals surface area (Å²) in [7, 11) is 2.12. The Balaban J connectivity index is 2.06. The fourth-order valence-corrected chi connectivity index (χ4v) is 3.78. The summed E-state index contributed by atoms with van der Waals surface area (Å²) in [5.74, 6) is 0.871. The fraction of sp³-hybridized carbons (Fsp3) is 0.462. The molecule has 1 aromatic rings. The second-order valence-corrected chi connectivity index (χ2v) is 8.56. The molecule has 0 radical (unpaired) electrons. The lowest BCUT2D eigenvalue weighted by atomic mass is 10.2. The molecule has 0 spiro atoms. The van der Waals surface area contributed by atoms with Crippen molar-refractivity contribution in [1.82, 2.24) is 0 Å². The Morgan fingerprint density at radius 3 is 2.22 bits per heavy atom. The first-order valence-corrected chi connectivity index (χ1v) is 10.5. The van der Waals surface area contributed by atoms with Gasteiger partial charge in [0.15, 0.2) is 0 Å². The molecule has 0 bridgehead atoms. The maximum absolute atomic E-state index is 11.7. The van der Waals surface area contributed by atoms with Crippen LogP contribution in [0.2, 0.25) is 0 Å². The minimum Gasteiger partial charge on any atom is -0.508 e. The molecule has 0 unspecified atom stereocenters. The molecule has 7 nitrogen and oxygen atoms in total. The number of phenols is 1. The zero-order chi connectivity index (χ0) is 17.1. The molecule has 1 aromatic carbocycles. The zero-order valence-electron chi connectivity index (χ0n) is 12.8. The van der Waals surface area contributed by atoms with Crippen LogP contribution in [0, 0.1) is 0 Å². The molecule has 0 saturated heterocycles. The molecule has 1 rings (SSSR count). The number of aromatic hydroxyl groups is 1. The van der Waals surface area contributed by atoms with E-state index in [0.29, 0.717) is 17.1 Å². The first-order valence-electron chi connectivity index (χ1n) is 6.57. The van der Waals surface area contributed by atoms with Gasteiger partial charge in [0.2, 0.25) is 0 Å². The molecule has 0 aliphatic heterocycles. The highest BCUT2D eigenvalue weighted by molar-refractivity contribution is 8.76. The Labute approximate surface area is 143 Å². The number of phosphoric ester groups is 1. The summed E-state index contributed by atoms with van der Waals surface area (Å²) in [5, 5.41) is 9.14. The summed E-state index contributed by atoms with van der Waals surface area (Å²) in [6.07, 6.45) is 0. The van der Waals surface area contributed by atoms with Crippen molar-refractivity contribution in [2.75, 3.05) is 38.9 Å². The van der Waals surface area contributed by atoms with Gasteiger partial charge in [-0.2, -0.15) is 0 Å². The SMILES string of the molecule is COP(=O)(OC)OCCSSCCOC(=O)c1ccc(O)cc1. The molecule has 23 heavy (non-hydrogen) atoms. The van der Waals surface area contributed by atoms with E-state index >= 15 is 0 Å². The topological polar surface area (TPSA) is 91.3 Å². The van der Waals surface area contributed by atoms with Crippen LogP contribution >= 0.6 is 29.4 Å². The Kier molecular flexibility index (Phi) is 9.69. The first kappa shape index (κ1) is 20.3. The van der Waals surface area contributed by atoms with Crippen LogP contribution < -0.4 is 0 Å². The molecule has 0 aromatic heterocycles. The van der Waals surface area contributed by atoms with Crippen LogP contribution in [0.4, 0.5) is 0 Å². The molecule has 10 heteroatoms. The van der Waals surface area contributed by atoms with Crippen LogP contribution in [-0.2, 0) is 22.9 Å². The van der Waals surface area contributed by atoms with E-state index in [0.717, 1.165) is 0 Å². The Morgan fingerprint density at radius 1 is 1.09 bits per heavy atom. The summed E-state index contributed by atoms with van der Waals surface area (Å²) in [6.45, 7) is 0.497. The van der Waals surface area contributed by atoms with Crippen LogP contribution in [0.3, 0.4) is 0 Å². The van der Waals surface area contributed by atoms with Gasteiger partial charge in [-0.1, -0.05) is 21.6 Å². The van der Waals surface area contributed by atoms with Gasteiger partial charge in [0.1, 0.15) is 12.4 Å². The van der Waals surface area contributed by atoms with Crippen molar-refractivity contribution in [2.45, 2.75) is 0 Å². The fourth-order valence-electron chi connectivity index (χ4n) is 1.33. The molecule has 1 N–H and O–H groups in total. The van der Waals surface area contributed by atoms with Crippen molar-refractivity contribution in [3.8, 4) is 5.75 Å². The van der Waals surface area contributed by atoms with Gasteiger partial charge < -0.3 is 9.84 Å². The Bertz CT molecular complexity index is 516. The van der Waals surface area contributed by atoms with E-state index in [4.69, 9.17) is 14.4 Å². The third kappa shape index (κ3) is 8.10. The van der Waals surface area contributed by atoms with Crippen molar-refractivity contribution in [1.29, 1.82) is 0 Å². The second kappa shape index (κ2) is 11.0. The standard InChI is InChI=1S/C13H19O7PS2/c1-17-21(16,18-2)20-8-10-23-22-9-7-19-13(15)11-3-5-12(14)6-4-11/h3-6,14H,7-10H2,1-2H3. The molecule has 130 valence electrons. The van der Waals surface area contributed by atoms with Gasteiger partial charge >= 0.3 is 13.8 Å². The first-order chi connectivity index (χ1) is 11.0. The molecular weight excluding hydrogens is 363 g/mol. The predicted molar refractivity (Wildman–Crippen MR) is 90.9 cm³/mol. The smallest absolute Gasteiger partial charge is 0.474 e. The number of ether oxygens (including phenoxy) is 1. The number of esters is 1. The summed E-state index contributed by atoms with van der Waals surface area (Å²) in [4.78, 5) is 11.7. The van der Waals surface area contributed by atoms with Crippen molar-refractivity contribution in [3.63, 3.8) is 0 Å². The average molecular weight is 382 g/mol. The van der Waals surface area contributed by atoms with E-state index in [1.807, 2.05) is 0 Å². The largest absolute Gasteiger partial charge is 0.508 e. The molecule has 0 heterocycles. The molecule has 0 amide bonds. The monoisotopic (exact) mass is 382 g/mol. The third-order valence-corrected chi connectivity index (χ3v) is 6.18. The van der Waals surface area contributed by atoms with E-state index < -0.39 is 13.8 Å². The number of carbonyl (C=O) groups excluding carboxylic acids is 1. The summed E-state index contributed by atoms with van der Waals surface area (Å²) in [6, 6.07) is 5.86. The number of hydrogen-bond donors (Lipinski definition) is 1. The van der Waals surface area contributed by atoms with Crippen LogP contribution in [0.25, 0.3) is 0 Å². The third-order valence-electron chi connectivity index (χ3n) is 2.45. The lowest BCUT2D eigenvalue weighted by Crippen LogP contribution is -2.07. The highest BCUT2D eigenvalue weighted by Gasteiger charge is 2.21. The van der Waals surface area contributed by atoms with Gasteiger partial charge in [0, 0.05) is 25.7 Å². The van der Waals surface area contributed by atoms with Gasteiger partial charge in [-0.3, -0.25) is 13.6 Å². The summed E-state index contributed by atoms with van der Waals surface area (Å²) in [5.41, 5.74) is 0.392. The second-order valence-electron chi connectivity index (χ2n) is 3.97. The van der Waals surface area contributed by atoms with E-state index in [2.05, 4.69) is 9.05 Å². The molecule has 0 aliphatic rings. The lowest BCUT2D eigenvalue weighted by molar-refractivity contribution is 0.0530. The predicted octanol–water partition coefficient (Wildman–Crippen LogP) is 3.35. The Hall–Kier alpha value is -0.700. The van der Waals surface area contributed by atoms with Crippen LogP contribution in [0.1, 0.15) is 10.4 Å². The molecule has 0 aliphatic carbocycles. The van der Waals surface area contributed by atoms with Gasteiger partial charge in [0.25, 0.3) is 0 Å². The zero-order valence-corrected chi connectivity index (χ0v) is 15.3. The number of phosphoric acid groups is 1. The van der Waals surface area contributed by atoms with E-state index in [1.165, 1.54) is 60.1 Å². The van der Waals surface area contributed by atoms with Crippen molar-refractivity contribution < 1.29 is 32.8 Å². The van der Waals surface area contributed by atoms with E-state index in [9.17, 15) is 9.36 Å². The number of rotatable bonds is 11. The van der Waals surface area contributed by atoms with E-state index in [-0.39, 0.29) is 19.0 Å². The number of benzene rings is 1. The van der Waals surface area contributed by atoms with Crippen molar-refractivity contribution in [3.05, 3.63) is 29.8 Å². The van der Waals surface area contributed by atoms with E-state index in [1.54, 1.807) is 0 Å². The number of phenolic OH excluding ortho intramolecular Hbond substituents is 1.